The van der Waals surface area contributed by atoms with Gasteiger partial charge in [-0.25, -0.2) is 9.80 Å². The van der Waals surface area contributed by atoms with Gasteiger partial charge in [-0.2, -0.15) is 5.01 Å². The summed E-state index contributed by atoms with van der Waals surface area (Å²) in [6.45, 7) is 3.92. The Kier molecular flexibility index (Phi) is 4.77. The molecule has 1 unspecified atom stereocenters. The van der Waals surface area contributed by atoms with Gasteiger partial charge >= 0.3 is 5.97 Å². The van der Waals surface area contributed by atoms with Crippen molar-refractivity contribution in [2.24, 2.45) is 0 Å². The van der Waals surface area contributed by atoms with E-state index in [1.165, 1.54) is 33.4 Å². The molecule has 2 heterocycles. The maximum atomic E-state index is 12.5. The van der Waals surface area contributed by atoms with Gasteiger partial charge in [0.15, 0.2) is 11.5 Å². The molecule has 1 saturated heterocycles. The summed E-state index contributed by atoms with van der Waals surface area (Å²) in [7, 11) is 5.91. The molecule has 0 bridgehead atoms. The molecular weight excluding hydrogens is 352 g/mol. The molecule has 1 aromatic carbocycles. The fourth-order valence-electron chi connectivity index (χ4n) is 3.75. The summed E-state index contributed by atoms with van der Waals surface area (Å²) in [6, 6.07) is 3.05. The van der Waals surface area contributed by atoms with E-state index in [2.05, 4.69) is 0 Å². The molecule has 0 spiro atoms. The molecule has 0 aliphatic carbocycles. The lowest BCUT2D eigenvalue weighted by Crippen LogP contribution is -2.44. The van der Waals surface area contributed by atoms with E-state index < -0.39 is 17.6 Å². The predicted octanol–water partition coefficient (Wildman–Crippen LogP) is 2.05. The minimum atomic E-state index is -0.521. The van der Waals surface area contributed by atoms with E-state index in [1.54, 1.807) is 18.3 Å². The monoisotopic (exact) mass is 376 g/mol. The average molecular weight is 376 g/mol. The van der Waals surface area contributed by atoms with E-state index in [1.807, 2.05) is 18.9 Å². The zero-order chi connectivity index (χ0) is 19.9. The molecule has 0 aromatic heterocycles. The van der Waals surface area contributed by atoms with Crippen molar-refractivity contribution in [3.8, 4) is 17.2 Å². The molecule has 0 N–H and O–H groups in total. The van der Waals surface area contributed by atoms with Crippen molar-refractivity contribution in [2.45, 2.75) is 31.8 Å². The van der Waals surface area contributed by atoms with Crippen LogP contribution in [0.25, 0.3) is 0 Å². The molecular formula is C19H24N2O6. The molecule has 0 saturated carbocycles. The Morgan fingerprint density at radius 1 is 1.07 bits per heavy atom. The van der Waals surface area contributed by atoms with Crippen LogP contribution in [-0.2, 0) is 14.3 Å². The van der Waals surface area contributed by atoms with Crippen molar-refractivity contribution in [3.05, 3.63) is 29.5 Å². The third kappa shape index (κ3) is 2.90. The summed E-state index contributed by atoms with van der Waals surface area (Å²) < 4.78 is 21.2. The van der Waals surface area contributed by atoms with Crippen molar-refractivity contribution < 1.29 is 28.5 Å². The molecule has 2 aliphatic rings. The number of rotatable bonds is 5. The number of hydrazine groups is 1. The lowest BCUT2D eigenvalue weighted by atomic mass is 9.93. The number of methoxy groups -OCH3 is 4. The second-order valence-corrected chi connectivity index (χ2v) is 7.01. The van der Waals surface area contributed by atoms with Gasteiger partial charge in [0.05, 0.1) is 40.1 Å². The SMILES string of the molecule is COC(=O)C1=CN2C(=O)CC(C)(C)N2C1c1cc(OC)c(OC)c(OC)c1. The normalized spacial score (nSPS) is 21.0. The van der Waals surface area contributed by atoms with Crippen LogP contribution in [-0.4, -0.2) is 55.9 Å². The van der Waals surface area contributed by atoms with E-state index in [-0.39, 0.29) is 5.91 Å². The maximum Gasteiger partial charge on any atom is 0.337 e. The number of benzene rings is 1. The number of hydrogen-bond acceptors (Lipinski definition) is 7. The second kappa shape index (κ2) is 6.77. The minimum absolute atomic E-state index is 0.0728. The number of nitrogens with zero attached hydrogens (tertiary/aromatic N) is 2. The van der Waals surface area contributed by atoms with Crippen molar-refractivity contribution in [1.82, 2.24) is 10.0 Å². The van der Waals surface area contributed by atoms with Crippen LogP contribution < -0.4 is 14.2 Å². The summed E-state index contributed by atoms with van der Waals surface area (Å²) in [5.41, 5.74) is 0.619. The summed E-state index contributed by atoms with van der Waals surface area (Å²) in [6.07, 6.45) is 1.90. The van der Waals surface area contributed by atoms with Gasteiger partial charge in [-0.1, -0.05) is 0 Å². The molecule has 8 heteroatoms. The number of fused-ring (bicyclic) bond motifs is 1. The van der Waals surface area contributed by atoms with Crippen molar-refractivity contribution in [1.29, 1.82) is 0 Å². The van der Waals surface area contributed by atoms with Gasteiger partial charge in [-0.15, -0.1) is 0 Å². The average Bonchev–Trinajstić information content (AvgIpc) is 3.16. The third-order valence-electron chi connectivity index (χ3n) is 4.92. The molecule has 2 aliphatic heterocycles. The number of carbonyl (C=O) groups is 2. The molecule has 1 fully saturated rings. The van der Waals surface area contributed by atoms with Crippen molar-refractivity contribution in [3.63, 3.8) is 0 Å². The molecule has 1 aromatic rings. The highest BCUT2D eigenvalue weighted by Gasteiger charge is 2.53. The van der Waals surface area contributed by atoms with Crippen molar-refractivity contribution >= 4 is 11.9 Å². The van der Waals surface area contributed by atoms with Crippen molar-refractivity contribution in [2.75, 3.05) is 28.4 Å². The lowest BCUT2D eigenvalue weighted by Gasteiger charge is -2.36. The first kappa shape index (κ1) is 19.0. The van der Waals surface area contributed by atoms with Crippen LogP contribution in [0.2, 0.25) is 0 Å². The number of ether oxygens (including phenoxy) is 4. The fourth-order valence-corrected chi connectivity index (χ4v) is 3.75. The Bertz CT molecular complexity index is 791. The van der Waals surface area contributed by atoms with Crippen LogP contribution in [0.1, 0.15) is 31.9 Å². The Hall–Kier alpha value is -2.74. The number of hydrogen-bond donors (Lipinski definition) is 0. The highest BCUT2D eigenvalue weighted by Crippen LogP contribution is 2.49. The topological polar surface area (TPSA) is 77.5 Å². The Balaban J connectivity index is 2.19. The lowest BCUT2D eigenvalue weighted by molar-refractivity contribution is -0.138. The fraction of sp³-hybridized carbons (Fsp3) is 0.474. The summed E-state index contributed by atoms with van der Waals surface area (Å²) >= 11 is 0. The maximum absolute atomic E-state index is 12.5. The predicted molar refractivity (Wildman–Crippen MR) is 96.3 cm³/mol. The second-order valence-electron chi connectivity index (χ2n) is 7.01. The van der Waals surface area contributed by atoms with E-state index >= 15 is 0 Å². The van der Waals surface area contributed by atoms with Crippen LogP contribution in [0, 0.1) is 0 Å². The summed E-state index contributed by atoms with van der Waals surface area (Å²) in [5, 5.41) is 3.39. The number of esters is 1. The first-order chi connectivity index (χ1) is 12.8. The van der Waals surface area contributed by atoms with Gasteiger partial charge in [-0.3, -0.25) is 4.79 Å². The van der Waals surface area contributed by atoms with Gasteiger partial charge in [0.1, 0.15) is 0 Å². The molecule has 1 amide bonds. The van der Waals surface area contributed by atoms with Crippen LogP contribution in [0.5, 0.6) is 17.2 Å². The van der Waals surface area contributed by atoms with Crippen LogP contribution in [0.3, 0.4) is 0 Å². The zero-order valence-electron chi connectivity index (χ0n) is 16.4. The molecule has 27 heavy (non-hydrogen) atoms. The van der Waals surface area contributed by atoms with E-state index in [0.29, 0.717) is 29.2 Å². The standard InChI is InChI=1S/C19H24N2O6/c1-19(2)9-15(22)20-10-12(18(23)27-6)16(21(19)20)11-7-13(24-3)17(26-5)14(8-11)25-4/h7-8,10,16H,9H2,1-6H3. The number of carbonyl (C=O) groups excluding carboxylic acids is 2. The van der Waals surface area contributed by atoms with Gasteiger partial charge < -0.3 is 18.9 Å². The van der Waals surface area contributed by atoms with Gasteiger partial charge in [-0.05, 0) is 31.5 Å². The Morgan fingerprint density at radius 3 is 2.15 bits per heavy atom. The van der Waals surface area contributed by atoms with E-state index in [4.69, 9.17) is 18.9 Å². The van der Waals surface area contributed by atoms with Gasteiger partial charge in [0, 0.05) is 18.2 Å². The van der Waals surface area contributed by atoms with Crippen LogP contribution >= 0.6 is 0 Å². The number of amides is 1. The van der Waals surface area contributed by atoms with E-state index in [0.717, 1.165) is 5.56 Å². The first-order valence-corrected chi connectivity index (χ1v) is 8.50. The summed E-state index contributed by atoms with van der Waals surface area (Å²) in [4.78, 5) is 24.9. The minimum Gasteiger partial charge on any atom is -0.493 e. The third-order valence-corrected chi connectivity index (χ3v) is 4.92. The molecule has 1 atom stereocenters. The first-order valence-electron chi connectivity index (χ1n) is 8.50. The molecule has 146 valence electrons. The van der Waals surface area contributed by atoms with Crippen LogP contribution in [0.15, 0.2) is 23.9 Å². The van der Waals surface area contributed by atoms with Crippen LogP contribution in [0.4, 0.5) is 0 Å². The van der Waals surface area contributed by atoms with Gasteiger partial charge in [0.25, 0.3) is 0 Å². The zero-order valence-corrected chi connectivity index (χ0v) is 16.4. The van der Waals surface area contributed by atoms with Gasteiger partial charge in [0.2, 0.25) is 11.7 Å². The quantitative estimate of drug-likeness (QED) is 0.728. The summed E-state index contributed by atoms with van der Waals surface area (Å²) in [5.74, 6) is 0.831. The highest BCUT2D eigenvalue weighted by atomic mass is 16.5. The smallest absolute Gasteiger partial charge is 0.337 e. The Morgan fingerprint density at radius 2 is 1.67 bits per heavy atom. The Labute approximate surface area is 158 Å². The molecule has 8 nitrogen and oxygen atoms in total. The largest absolute Gasteiger partial charge is 0.493 e. The molecule has 3 rings (SSSR count). The van der Waals surface area contributed by atoms with E-state index in [9.17, 15) is 9.59 Å². The molecule has 0 radical (unpaired) electrons. The highest BCUT2D eigenvalue weighted by molar-refractivity contribution is 5.93.